The topological polar surface area (TPSA) is 375 Å². The molecule has 0 saturated heterocycles. The molecule has 2 aromatic carbocycles. The van der Waals surface area contributed by atoms with Crippen LogP contribution in [0.1, 0.15) is 79.2 Å². The smallest absolute Gasteiger partial charge is 0.335 e. The standard InChI is InChI=1S/C39H41N17O9S2/c1-38(2,3)27-25(47-49-31-21(18-66(62)63)16-42-53(31)22-12-8-10-19(14-22)33(57)58)29(40)55(51-27)35-44-36(46-37(61)45-35)56-30(41)26(28(52-56)39(4,5)6)48-50-32-24(67(7,64)65)17-43-54(32)23-13-9-11-20(15-23)34(59)60/h8-17,66H,18,40-41H2,1-7H3,(H,57,58)(H,59,60)(H,44,45,46,61). The molecule has 0 spiro atoms. The van der Waals surface area contributed by atoms with Crippen molar-refractivity contribution in [3.63, 3.8) is 0 Å². The Morgan fingerprint density at radius 3 is 1.57 bits per heavy atom. The number of hydrogen-bond donors (Lipinski definition) is 6. The van der Waals surface area contributed by atoms with Crippen molar-refractivity contribution in [1.29, 1.82) is 0 Å². The molecular formula is C39H41N17O9S2. The summed E-state index contributed by atoms with van der Waals surface area (Å²) in [4.78, 5) is 35.7. The molecule has 7 aromatic rings. The average Bonchev–Trinajstić information content (AvgIpc) is 4.01. The van der Waals surface area contributed by atoms with Crippen molar-refractivity contribution in [2.75, 3.05) is 17.7 Å². The van der Waals surface area contributed by atoms with Gasteiger partial charge in [0.05, 0.1) is 52.0 Å². The first-order chi connectivity index (χ1) is 31.3. The van der Waals surface area contributed by atoms with Gasteiger partial charge in [0.1, 0.15) is 15.6 Å². The third-order valence-corrected chi connectivity index (χ3v) is 11.3. The highest BCUT2D eigenvalue weighted by molar-refractivity contribution is 7.90. The molecule has 67 heavy (non-hydrogen) atoms. The minimum Gasteiger partial charge on any atom is -0.479 e. The fourth-order valence-corrected chi connectivity index (χ4v) is 7.62. The van der Waals surface area contributed by atoms with E-state index in [1.165, 1.54) is 53.3 Å². The lowest BCUT2D eigenvalue weighted by Gasteiger charge is -2.15. The molecule has 7 N–H and O–H groups in total. The van der Waals surface area contributed by atoms with Crippen LogP contribution in [0, 0.1) is 0 Å². The monoisotopic (exact) mass is 955 g/mol. The van der Waals surface area contributed by atoms with Gasteiger partial charge in [0, 0.05) is 22.6 Å². The summed E-state index contributed by atoms with van der Waals surface area (Å²) in [5.74, 6) is -4.32. The van der Waals surface area contributed by atoms with Crippen LogP contribution in [0.25, 0.3) is 23.3 Å². The predicted octanol–water partition coefficient (Wildman–Crippen LogP) is 4.82. The van der Waals surface area contributed by atoms with Crippen LogP contribution in [0.4, 0.5) is 34.6 Å². The molecular weight excluding hydrogens is 915 g/mol. The van der Waals surface area contributed by atoms with Crippen molar-refractivity contribution in [2.45, 2.75) is 63.0 Å². The predicted molar refractivity (Wildman–Crippen MR) is 238 cm³/mol. The molecule has 28 heteroatoms. The molecule has 0 saturated carbocycles. The van der Waals surface area contributed by atoms with Gasteiger partial charge in [0.2, 0.25) is 0 Å². The molecule has 0 amide bonds. The van der Waals surface area contributed by atoms with E-state index in [4.69, 9.17) is 11.5 Å². The van der Waals surface area contributed by atoms with Gasteiger partial charge in [-0.2, -0.15) is 44.7 Å². The fourth-order valence-electron chi connectivity index (χ4n) is 6.42. The Labute approximate surface area is 381 Å². The van der Waals surface area contributed by atoms with E-state index in [2.05, 4.69) is 55.8 Å². The lowest BCUT2D eigenvalue weighted by Crippen LogP contribution is -2.16. The number of hydrogen-bond acceptors (Lipinski definition) is 20. The molecule has 0 aliphatic heterocycles. The van der Waals surface area contributed by atoms with Crippen LogP contribution < -0.4 is 11.5 Å². The number of thiol groups is 1. The minimum atomic E-state index is -3.96. The molecule has 0 atom stereocenters. The third-order valence-electron chi connectivity index (χ3n) is 9.58. The number of nitrogens with two attached hydrogens (primary N) is 2. The van der Waals surface area contributed by atoms with Gasteiger partial charge < -0.3 is 26.8 Å². The largest absolute Gasteiger partial charge is 0.479 e. The number of carboxylic acids is 2. The second kappa shape index (κ2) is 17.3. The number of sulfone groups is 1. The van der Waals surface area contributed by atoms with E-state index in [0.29, 0.717) is 0 Å². The Morgan fingerprint density at radius 2 is 1.13 bits per heavy atom. The molecule has 5 heterocycles. The van der Waals surface area contributed by atoms with E-state index in [1.54, 1.807) is 47.6 Å². The summed E-state index contributed by atoms with van der Waals surface area (Å²) in [5.41, 5.74) is 12.6. The maximum absolute atomic E-state index is 12.9. The van der Waals surface area contributed by atoms with Crippen LogP contribution in [0.3, 0.4) is 0 Å². The SMILES string of the molecule is CC(C)(C)c1nn(-c2nc(O)nc(-n3nc(C(C)(C)C)c(N=Nc4c(S(C)(=O)=O)cnn4-c4cccc(C(=O)O)c4)c3N)n2)c(N)c1N=Nc1c(C[SH](=O)=O)cnn1-c1cccc(C(=O)O)c1. The summed E-state index contributed by atoms with van der Waals surface area (Å²) in [6, 6.07) is 10.5. The zero-order valence-electron chi connectivity index (χ0n) is 36.5. The van der Waals surface area contributed by atoms with Crippen LogP contribution in [-0.4, -0.2) is 104 Å². The second-order valence-electron chi connectivity index (χ2n) is 16.7. The van der Waals surface area contributed by atoms with E-state index >= 15 is 0 Å². The Hall–Kier alpha value is -8.27. The quantitative estimate of drug-likeness (QED) is 0.0666. The summed E-state index contributed by atoms with van der Waals surface area (Å²) in [7, 11) is -6.92. The lowest BCUT2D eigenvalue weighted by atomic mass is 9.91. The Bertz CT molecular complexity index is 3380. The molecule has 0 unspecified atom stereocenters. The van der Waals surface area contributed by atoms with E-state index in [-0.39, 0.29) is 90.9 Å². The van der Waals surface area contributed by atoms with Gasteiger partial charge >= 0.3 is 17.9 Å². The van der Waals surface area contributed by atoms with E-state index in [1.807, 2.05) is 0 Å². The van der Waals surface area contributed by atoms with Crippen molar-refractivity contribution >= 4 is 67.1 Å². The minimum absolute atomic E-state index is 0.00263. The number of aromatic nitrogens is 11. The number of nitrogen functional groups attached to an aromatic ring is 2. The van der Waals surface area contributed by atoms with E-state index in [0.717, 1.165) is 26.5 Å². The lowest BCUT2D eigenvalue weighted by molar-refractivity contribution is 0.0686. The van der Waals surface area contributed by atoms with Crippen molar-refractivity contribution in [1.82, 2.24) is 54.1 Å². The summed E-state index contributed by atoms with van der Waals surface area (Å²) >= 11 is 0. The highest BCUT2D eigenvalue weighted by Crippen LogP contribution is 2.41. The number of nitrogens with zero attached hydrogens (tertiary/aromatic N) is 15. The molecule has 26 nitrogen and oxygen atoms in total. The first-order valence-corrected chi connectivity index (χ1v) is 22.8. The number of carbonyl (C=O) groups is 2. The number of aromatic hydroxyl groups is 1. The zero-order valence-corrected chi connectivity index (χ0v) is 38.2. The van der Waals surface area contributed by atoms with Crippen LogP contribution >= 0.6 is 0 Å². The summed E-state index contributed by atoms with van der Waals surface area (Å²) in [6.07, 6.45) is 3.26. The zero-order chi connectivity index (χ0) is 48.9. The van der Waals surface area contributed by atoms with Crippen LogP contribution in [0.2, 0.25) is 0 Å². The van der Waals surface area contributed by atoms with Crippen molar-refractivity contribution in [3.05, 3.63) is 89.0 Å². The number of rotatable bonds is 13. The van der Waals surface area contributed by atoms with Crippen molar-refractivity contribution in [3.8, 4) is 29.3 Å². The number of aromatic carboxylic acids is 2. The second-order valence-corrected chi connectivity index (χ2v) is 19.7. The number of carboxylic acid groups (broad SMARTS) is 2. The van der Waals surface area contributed by atoms with Gasteiger partial charge in [-0.05, 0) is 36.4 Å². The Balaban J connectivity index is 1.34. The van der Waals surface area contributed by atoms with Crippen molar-refractivity contribution < 1.29 is 41.7 Å². The Morgan fingerprint density at radius 1 is 0.687 bits per heavy atom. The van der Waals surface area contributed by atoms with Crippen LogP contribution in [-0.2, 0) is 37.1 Å². The van der Waals surface area contributed by atoms with Crippen LogP contribution in [0.5, 0.6) is 6.01 Å². The van der Waals surface area contributed by atoms with Gasteiger partial charge in [-0.15, -0.1) is 20.5 Å². The molecule has 7 rings (SSSR count). The van der Waals surface area contributed by atoms with Gasteiger partial charge in [0.25, 0.3) is 11.9 Å². The van der Waals surface area contributed by atoms with Gasteiger partial charge in [0.15, 0.2) is 44.5 Å². The molecule has 0 bridgehead atoms. The first-order valence-electron chi connectivity index (χ1n) is 19.5. The summed E-state index contributed by atoms with van der Waals surface area (Å²) in [6.45, 7) is 10.8. The average molecular weight is 956 g/mol. The molecule has 348 valence electrons. The molecule has 0 fully saturated rings. The molecule has 5 aromatic heterocycles. The summed E-state index contributed by atoms with van der Waals surface area (Å²) in [5, 5.41) is 65.1. The first kappa shape index (κ1) is 46.7. The highest BCUT2D eigenvalue weighted by atomic mass is 32.2. The molecule has 0 aliphatic rings. The number of anilines is 2. The highest BCUT2D eigenvalue weighted by Gasteiger charge is 2.31. The maximum Gasteiger partial charge on any atom is 0.335 e. The number of azo groups is 2. The van der Waals surface area contributed by atoms with E-state index < -0.39 is 55.1 Å². The Kier molecular flexibility index (Phi) is 12.0. The third kappa shape index (κ3) is 9.45. The van der Waals surface area contributed by atoms with Crippen molar-refractivity contribution in [2.24, 2.45) is 20.5 Å². The van der Waals surface area contributed by atoms with Gasteiger partial charge in [-0.25, -0.2) is 35.8 Å². The van der Waals surface area contributed by atoms with Gasteiger partial charge in [-0.3, -0.25) is 0 Å². The molecule has 0 aliphatic carbocycles. The molecule has 0 radical (unpaired) electrons. The fraction of sp³-hybridized carbons (Fsp3) is 0.256. The van der Waals surface area contributed by atoms with E-state index in [9.17, 15) is 41.7 Å². The maximum atomic E-state index is 12.9. The normalized spacial score (nSPS) is 12.5. The van der Waals surface area contributed by atoms with Gasteiger partial charge in [-0.1, -0.05) is 53.7 Å². The summed E-state index contributed by atoms with van der Waals surface area (Å²) < 4.78 is 53.9. The number of benzene rings is 2. The van der Waals surface area contributed by atoms with Crippen LogP contribution in [0.15, 0.2) is 86.3 Å².